The summed E-state index contributed by atoms with van der Waals surface area (Å²) >= 11 is 0. The quantitative estimate of drug-likeness (QED) is 0.805. The van der Waals surface area contributed by atoms with Crippen LogP contribution in [0.5, 0.6) is 0 Å². The lowest BCUT2D eigenvalue weighted by Crippen LogP contribution is -2.47. The first-order valence-corrected chi connectivity index (χ1v) is 10.9. The maximum atomic E-state index is 12.3. The molecule has 1 heterocycles. The van der Waals surface area contributed by atoms with Crippen molar-refractivity contribution < 1.29 is 13.2 Å². The maximum Gasteiger partial charge on any atom is 0.244 e. The molecule has 128 valence electrons. The van der Waals surface area contributed by atoms with E-state index in [1.54, 1.807) is 6.08 Å². The summed E-state index contributed by atoms with van der Waals surface area (Å²) < 4.78 is 23.0. The molecule has 0 aromatic rings. The van der Waals surface area contributed by atoms with Crippen molar-refractivity contribution in [1.82, 2.24) is 5.32 Å². The van der Waals surface area contributed by atoms with Crippen LogP contribution in [0.15, 0.2) is 11.6 Å². The highest BCUT2D eigenvalue weighted by atomic mass is 32.2. The second kappa shape index (κ2) is 5.33. The van der Waals surface area contributed by atoms with Crippen LogP contribution >= 0.6 is 0 Å². The molecule has 0 unspecified atom stereocenters. The highest BCUT2D eigenvalue weighted by molar-refractivity contribution is 7.91. The monoisotopic (exact) mass is 337 g/mol. The van der Waals surface area contributed by atoms with Crippen LogP contribution in [0.1, 0.15) is 51.9 Å². The third-order valence-corrected chi connectivity index (χ3v) is 8.57. The van der Waals surface area contributed by atoms with Gasteiger partial charge in [-0.2, -0.15) is 0 Å². The topological polar surface area (TPSA) is 63.2 Å². The molecule has 1 atom stereocenters. The molecule has 4 saturated carbocycles. The van der Waals surface area contributed by atoms with Crippen molar-refractivity contribution in [3.05, 3.63) is 11.6 Å². The Bertz CT molecular complexity index is 614. The summed E-state index contributed by atoms with van der Waals surface area (Å²) in [4.78, 5) is 12.3. The first-order chi connectivity index (χ1) is 10.8. The fourth-order valence-corrected chi connectivity index (χ4v) is 7.77. The molecule has 1 amide bonds. The van der Waals surface area contributed by atoms with E-state index >= 15 is 0 Å². The fourth-order valence-electron chi connectivity index (χ4n) is 6.10. The van der Waals surface area contributed by atoms with E-state index in [1.165, 1.54) is 44.1 Å². The molecule has 0 radical (unpaired) electrons. The molecular weight excluding hydrogens is 310 g/mol. The van der Waals surface area contributed by atoms with Crippen molar-refractivity contribution in [1.29, 1.82) is 0 Å². The third-order valence-electron chi connectivity index (χ3n) is 6.80. The van der Waals surface area contributed by atoms with Crippen molar-refractivity contribution in [2.75, 3.05) is 11.5 Å². The predicted molar refractivity (Wildman–Crippen MR) is 89.6 cm³/mol. The lowest BCUT2D eigenvalue weighted by molar-refractivity contribution is -0.117. The van der Waals surface area contributed by atoms with Gasteiger partial charge in [-0.3, -0.25) is 4.79 Å². The Kier molecular flexibility index (Phi) is 3.63. The lowest BCUT2D eigenvalue weighted by Gasteiger charge is -2.57. The van der Waals surface area contributed by atoms with Gasteiger partial charge in [0.05, 0.1) is 11.5 Å². The molecule has 4 aliphatic carbocycles. The average Bonchev–Trinajstić information content (AvgIpc) is 2.76. The number of rotatable bonds is 3. The van der Waals surface area contributed by atoms with E-state index in [0.717, 1.165) is 17.8 Å². The number of amides is 1. The molecule has 4 nitrogen and oxygen atoms in total. The van der Waals surface area contributed by atoms with Gasteiger partial charge in [-0.1, -0.05) is 5.57 Å². The summed E-state index contributed by atoms with van der Waals surface area (Å²) in [6.45, 7) is 2.12. The molecule has 0 aromatic heterocycles. The van der Waals surface area contributed by atoms with E-state index in [2.05, 4.69) is 12.2 Å². The minimum absolute atomic E-state index is 0.0969. The minimum Gasteiger partial charge on any atom is -0.349 e. The first kappa shape index (κ1) is 15.7. The van der Waals surface area contributed by atoms with Gasteiger partial charge in [-0.25, -0.2) is 8.42 Å². The van der Waals surface area contributed by atoms with Gasteiger partial charge in [0.1, 0.15) is 0 Å². The lowest BCUT2D eigenvalue weighted by atomic mass is 9.48. The molecule has 1 saturated heterocycles. The number of carbonyl (C=O) groups is 1. The third kappa shape index (κ3) is 2.97. The zero-order chi connectivity index (χ0) is 16.2. The van der Waals surface area contributed by atoms with Crippen LogP contribution < -0.4 is 5.32 Å². The van der Waals surface area contributed by atoms with Gasteiger partial charge >= 0.3 is 0 Å². The van der Waals surface area contributed by atoms with Crippen molar-refractivity contribution in [3.8, 4) is 0 Å². The van der Waals surface area contributed by atoms with Crippen molar-refractivity contribution in [2.45, 2.75) is 57.9 Å². The van der Waals surface area contributed by atoms with E-state index < -0.39 is 9.84 Å². The van der Waals surface area contributed by atoms with Gasteiger partial charge in [-0.05, 0) is 75.0 Å². The highest BCUT2D eigenvalue weighted by Gasteiger charge is 2.51. The van der Waals surface area contributed by atoms with Gasteiger partial charge in [0.15, 0.2) is 9.84 Å². The number of nitrogens with one attached hydrogen (secondary N) is 1. The van der Waals surface area contributed by atoms with E-state index in [-0.39, 0.29) is 28.9 Å². The summed E-state index contributed by atoms with van der Waals surface area (Å²) in [6.07, 6.45) is 10.3. The molecule has 1 N–H and O–H groups in total. The normalized spacial score (nSPS) is 44.5. The smallest absolute Gasteiger partial charge is 0.244 e. The number of carbonyl (C=O) groups excluding carboxylic acids is 1. The van der Waals surface area contributed by atoms with E-state index in [9.17, 15) is 13.2 Å². The molecule has 5 aliphatic rings. The number of hydrogen-bond acceptors (Lipinski definition) is 3. The molecular formula is C18H27NO3S. The molecule has 1 aliphatic heterocycles. The Morgan fingerprint density at radius 1 is 1.09 bits per heavy atom. The Morgan fingerprint density at radius 2 is 1.65 bits per heavy atom. The minimum atomic E-state index is -2.94. The number of sulfone groups is 1. The van der Waals surface area contributed by atoms with Gasteiger partial charge in [0, 0.05) is 12.1 Å². The molecule has 5 rings (SSSR count). The van der Waals surface area contributed by atoms with Gasteiger partial charge in [-0.15, -0.1) is 0 Å². The molecule has 5 heteroatoms. The number of hydrogen-bond donors (Lipinski definition) is 1. The fraction of sp³-hybridized carbons (Fsp3) is 0.833. The summed E-state index contributed by atoms with van der Waals surface area (Å²) in [5.41, 5.74) is 1.49. The Hall–Kier alpha value is -0.840. The Labute approximate surface area is 139 Å². The zero-order valence-electron chi connectivity index (χ0n) is 13.9. The second-order valence-electron chi connectivity index (χ2n) is 8.63. The van der Waals surface area contributed by atoms with Gasteiger partial charge < -0.3 is 5.32 Å². The predicted octanol–water partition coefficient (Wildman–Crippen LogP) is 2.45. The average molecular weight is 337 g/mol. The zero-order valence-corrected chi connectivity index (χ0v) is 14.7. The molecule has 0 spiro atoms. The SMILES string of the molecule is C/C(=C\C(=O)N[C@H]1CCS(=O)(=O)C1)C12CC3CC(CC(C3)C1)C2. The van der Waals surface area contributed by atoms with Crippen LogP contribution in [-0.2, 0) is 14.6 Å². The van der Waals surface area contributed by atoms with Crippen molar-refractivity contribution in [3.63, 3.8) is 0 Å². The Balaban J connectivity index is 1.45. The van der Waals surface area contributed by atoms with Gasteiger partial charge in [0.2, 0.25) is 5.91 Å². The number of allylic oxidation sites excluding steroid dienone is 1. The first-order valence-electron chi connectivity index (χ1n) is 9.03. The van der Waals surface area contributed by atoms with Gasteiger partial charge in [0.25, 0.3) is 0 Å². The van der Waals surface area contributed by atoms with Crippen LogP contribution in [0.4, 0.5) is 0 Å². The molecule has 4 bridgehead atoms. The second-order valence-corrected chi connectivity index (χ2v) is 10.9. The van der Waals surface area contributed by atoms with Crippen molar-refractivity contribution >= 4 is 15.7 Å². The van der Waals surface area contributed by atoms with Crippen LogP contribution in [0.25, 0.3) is 0 Å². The highest BCUT2D eigenvalue weighted by Crippen LogP contribution is 2.62. The van der Waals surface area contributed by atoms with E-state index in [0.29, 0.717) is 6.42 Å². The maximum absolute atomic E-state index is 12.3. The molecule has 0 aromatic carbocycles. The molecule has 23 heavy (non-hydrogen) atoms. The summed E-state index contributed by atoms with van der Waals surface area (Å²) in [6, 6.07) is -0.201. The van der Waals surface area contributed by atoms with Crippen LogP contribution in [0, 0.1) is 23.2 Å². The van der Waals surface area contributed by atoms with Crippen molar-refractivity contribution in [2.24, 2.45) is 23.2 Å². The largest absolute Gasteiger partial charge is 0.349 e. The summed E-state index contributed by atoms with van der Waals surface area (Å²) in [5.74, 6) is 2.81. The Morgan fingerprint density at radius 3 is 2.13 bits per heavy atom. The van der Waals surface area contributed by atoms with Crippen LogP contribution in [-0.4, -0.2) is 31.9 Å². The van der Waals surface area contributed by atoms with Crippen LogP contribution in [0.3, 0.4) is 0 Å². The summed E-state index contributed by atoms with van der Waals surface area (Å²) in [7, 11) is -2.94. The summed E-state index contributed by atoms with van der Waals surface area (Å²) in [5, 5.41) is 2.90. The van der Waals surface area contributed by atoms with E-state index in [1.807, 2.05) is 0 Å². The molecule has 5 fully saturated rings. The standard InChI is InChI=1S/C18H27NO3S/c1-12(4-17(20)19-16-2-3-23(21,22)11-16)18-8-13-5-14(9-18)7-15(6-13)10-18/h4,13-16H,2-3,5-11H2,1H3,(H,19,20)/b12-4+/t13?,14?,15?,16-,18?/m0/s1. The van der Waals surface area contributed by atoms with E-state index in [4.69, 9.17) is 0 Å². The van der Waals surface area contributed by atoms with Crippen LogP contribution in [0.2, 0.25) is 0 Å².